The standard InChI is InChI=1S/C19H12BrClF5O4/c1-2-28-18(27)9-3-8-4-11(21)15(7-14(8)30-17(9)19(24,25)26)29-16-6-12(22)10(20)5-13(16)23/h3-7,17,21H,2H2,1H3/q+1/p+1. The summed E-state index contributed by atoms with van der Waals surface area (Å²) >= 11 is 7.96. The molecule has 1 aliphatic rings. The van der Waals surface area contributed by atoms with Crippen molar-refractivity contribution in [2.75, 3.05) is 6.61 Å². The number of fused-ring (bicyclic) bond motifs is 1. The van der Waals surface area contributed by atoms with Gasteiger partial charge in [-0.15, -0.1) is 0 Å². The third kappa shape index (κ3) is 4.54. The van der Waals surface area contributed by atoms with Crippen molar-refractivity contribution in [2.24, 2.45) is 0 Å². The lowest BCUT2D eigenvalue weighted by atomic mass is 10.0. The third-order valence-corrected chi connectivity index (χ3v) is 4.86. The monoisotopic (exact) mass is 514 g/mol. The second kappa shape index (κ2) is 8.43. The molecule has 160 valence electrons. The zero-order chi connectivity index (χ0) is 22.2. The summed E-state index contributed by atoms with van der Waals surface area (Å²) in [6.07, 6.45) is -6.35. The normalized spacial score (nSPS) is 15.7. The van der Waals surface area contributed by atoms with Crippen LogP contribution >= 0.6 is 15.9 Å². The van der Waals surface area contributed by atoms with Crippen LogP contribution in [0, 0.1) is 23.2 Å². The fourth-order valence-electron chi connectivity index (χ4n) is 2.62. The van der Waals surface area contributed by atoms with Gasteiger partial charge in [-0.2, -0.15) is 13.2 Å². The van der Waals surface area contributed by atoms with E-state index >= 15 is 0 Å². The van der Waals surface area contributed by atoms with Crippen LogP contribution in [0.2, 0.25) is 5.02 Å². The molecule has 2 aromatic rings. The summed E-state index contributed by atoms with van der Waals surface area (Å²) in [5, 5.41) is -0.00275. The van der Waals surface area contributed by atoms with Crippen LogP contribution in [0.25, 0.3) is 6.08 Å². The summed E-state index contributed by atoms with van der Waals surface area (Å²) in [5.74, 6) is -3.64. The molecule has 0 saturated heterocycles. The number of hydrogen-bond acceptors (Lipinski definition) is 3. The van der Waals surface area contributed by atoms with Crippen LogP contribution in [0.1, 0.15) is 12.5 Å². The Hall–Kier alpha value is -2.33. The number of carbonyl (C=O) groups excluding carboxylic acids is 1. The molecule has 0 aliphatic carbocycles. The first-order valence-electron chi connectivity index (χ1n) is 8.32. The zero-order valence-electron chi connectivity index (χ0n) is 15.0. The lowest BCUT2D eigenvalue weighted by molar-refractivity contribution is -0.290. The first-order chi connectivity index (χ1) is 14.0. The van der Waals surface area contributed by atoms with E-state index in [1.165, 1.54) is 13.0 Å². The number of esters is 1. The number of halogens is 7. The lowest BCUT2D eigenvalue weighted by Crippen LogP contribution is -2.40. The number of benzene rings is 2. The predicted molar refractivity (Wildman–Crippen MR) is 98.1 cm³/mol. The Morgan fingerprint density at radius 1 is 1.17 bits per heavy atom. The van der Waals surface area contributed by atoms with Gasteiger partial charge in [-0.1, -0.05) is 0 Å². The van der Waals surface area contributed by atoms with Gasteiger partial charge < -0.3 is 19.0 Å². The Morgan fingerprint density at radius 2 is 1.87 bits per heavy atom. The minimum absolute atomic E-state index is 0.00275. The van der Waals surface area contributed by atoms with Gasteiger partial charge in [0.15, 0.2) is 35.5 Å². The van der Waals surface area contributed by atoms with Crippen LogP contribution in [-0.4, -0.2) is 29.7 Å². The van der Waals surface area contributed by atoms with Gasteiger partial charge in [0.05, 0.1) is 4.47 Å². The van der Waals surface area contributed by atoms with Crippen molar-refractivity contribution < 1.29 is 52.6 Å². The van der Waals surface area contributed by atoms with E-state index in [-0.39, 0.29) is 33.2 Å². The van der Waals surface area contributed by atoms with E-state index in [0.717, 1.165) is 24.3 Å². The maximum Gasteiger partial charge on any atom is 0.517 e. The second-order valence-electron chi connectivity index (χ2n) is 6.01. The fraction of sp³-hybridized carbons (Fsp3) is 0.211. The van der Waals surface area contributed by atoms with Crippen LogP contribution in [0.4, 0.5) is 22.0 Å². The van der Waals surface area contributed by atoms with Crippen molar-refractivity contribution in [3.63, 3.8) is 0 Å². The Balaban J connectivity index is 2.03. The first-order valence-corrected chi connectivity index (χ1v) is 9.52. The molecule has 0 bridgehead atoms. The predicted octanol–water partition coefficient (Wildman–Crippen LogP) is 5.46. The van der Waals surface area contributed by atoms with Gasteiger partial charge in [0.1, 0.15) is 17.1 Å². The van der Waals surface area contributed by atoms with E-state index in [9.17, 15) is 26.7 Å². The van der Waals surface area contributed by atoms with Gasteiger partial charge in [-0.3, -0.25) is 0 Å². The number of ether oxygens (including phenoxy) is 3. The average molecular weight is 516 g/mol. The molecule has 30 heavy (non-hydrogen) atoms. The molecule has 0 radical (unpaired) electrons. The van der Waals surface area contributed by atoms with Crippen LogP contribution < -0.4 is 9.47 Å². The first kappa shape index (κ1) is 22.4. The van der Waals surface area contributed by atoms with Gasteiger partial charge in [0.2, 0.25) is 6.10 Å². The Bertz CT molecular complexity index is 1040. The molecule has 1 unspecified atom stereocenters. The maximum atomic E-state index is 14.0. The van der Waals surface area contributed by atoms with Crippen molar-refractivity contribution in [2.45, 2.75) is 19.2 Å². The largest absolute Gasteiger partial charge is 0.517 e. The summed E-state index contributed by atoms with van der Waals surface area (Å²) < 4.78 is 83.0. The van der Waals surface area contributed by atoms with Crippen LogP contribution in [0.5, 0.6) is 17.2 Å². The van der Waals surface area contributed by atoms with Crippen molar-refractivity contribution in [1.29, 1.82) is 0 Å². The lowest BCUT2D eigenvalue weighted by Gasteiger charge is -2.26. The van der Waals surface area contributed by atoms with Gasteiger partial charge >= 0.3 is 12.1 Å². The molecular weight excluding hydrogens is 503 g/mol. The highest BCUT2D eigenvalue weighted by Crippen LogP contribution is 2.42. The Kier molecular flexibility index (Phi) is 6.28. The van der Waals surface area contributed by atoms with Crippen molar-refractivity contribution in [3.05, 3.63) is 56.5 Å². The van der Waals surface area contributed by atoms with E-state index in [1.54, 1.807) is 0 Å². The van der Waals surface area contributed by atoms with E-state index in [4.69, 9.17) is 25.8 Å². The highest BCUT2D eigenvalue weighted by atomic mass is 79.9. The topological polar surface area (TPSA) is 49.1 Å². The Labute approximate surface area is 180 Å². The van der Waals surface area contributed by atoms with Gasteiger partial charge in [0, 0.05) is 23.8 Å². The average Bonchev–Trinajstić information content (AvgIpc) is 2.65. The van der Waals surface area contributed by atoms with Crippen molar-refractivity contribution >= 4 is 28.0 Å². The third-order valence-electron chi connectivity index (χ3n) is 3.93. The Morgan fingerprint density at radius 3 is 2.50 bits per heavy atom. The minimum atomic E-state index is -4.87. The molecule has 0 spiro atoms. The highest BCUT2D eigenvalue weighted by molar-refractivity contribution is 9.10. The molecule has 0 aromatic heterocycles. The quantitative estimate of drug-likeness (QED) is 0.235. The molecule has 3 rings (SSSR count). The van der Waals surface area contributed by atoms with Gasteiger partial charge in [0.25, 0.3) is 5.02 Å². The fourth-order valence-corrected chi connectivity index (χ4v) is 3.17. The summed E-state index contributed by atoms with van der Waals surface area (Å²) in [6.45, 7) is 1.43. The van der Waals surface area contributed by atoms with E-state index in [2.05, 4.69) is 15.9 Å². The summed E-state index contributed by atoms with van der Waals surface area (Å²) in [5.41, 5.74) is -0.502. The zero-order valence-corrected chi connectivity index (χ0v) is 17.4. The van der Waals surface area contributed by atoms with E-state index in [1.807, 2.05) is 0 Å². The smallest absolute Gasteiger partial charge is 0.475 e. The maximum absolute atomic E-state index is 14.0. The van der Waals surface area contributed by atoms with Crippen molar-refractivity contribution in [1.82, 2.24) is 0 Å². The van der Waals surface area contributed by atoms with E-state index in [0.29, 0.717) is 0 Å². The SMILES string of the molecule is CCOC(=[OH+])C1=Cc2cc([ClH+])c(Oc3cc(F)c(Br)cc3F)cc2OC1C(F)(F)F. The number of rotatable bonds is 4. The van der Waals surface area contributed by atoms with Crippen LogP contribution in [0.15, 0.2) is 34.3 Å². The number of alkyl halides is 3. The molecule has 1 heterocycles. The molecule has 0 amide bonds. The molecule has 1 N–H and O–H groups in total. The summed E-state index contributed by atoms with van der Waals surface area (Å²) in [7, 11) is 0. The minimum Gasteiger partial charge on any atom is -0.475 e. The molecule has 11 heteroatoms. The van der Waals surface area contributed by atoms with Crippen molar-refractivity contribution in [3.8, 4) is 17.2 Å². The molecule has 0 saturated carbocycles. The van der Waals surface area contributed by atoms with Crippen LogP contribution in [-0.2, 0) is 4.74 Å². The summed E-state index contributed by atoms with van der Waals surface area (Å²) in [4.78, 5) is 9.85. The van der Waals surface area contributed by atoms with E-state index < -0.39 is 41.2 Å². The van der Waals surface area contributed by atoms with Gasteiger partial charge in [-0.05, 0) is 35.0 Å². The molecule has 1 atom stereocenters. The highest BCUT2D eigenvalue weighted by Gasteiger charge is 2.51. The molecule has 4 nitrogen and oxygen atoms in total. The molecule has 0 fully saturated rings. The number of hydrogen-bond donors (Lipinski definition) is 0. The second-order valence-corrected chi connectivity index (χ2v) is 7.31. The molecular formula is C19H13BrClF5O4+2. The van der Waals surface area contributed by atoms with Crippen LogP contribution in [0.3, 0.4) is 0 Å². The molecule has 1 aliphatic heterocycles. The molecule has 2 aromatic carbocycles. The summed E-state index contributed by atoms with van der Waals surface area (Å²) in [6, 6.07) is 3.89. The van der Waals surface area contributed by atoms with Gasteiger partial charge in [-0.25, -0.2) is 8.78 Å².